The van der Waals surface area contributed by atoms with Crippen LogP contribution in [0.25, 0.3) is 0 Å². The Morgan fingerprint density at radius 3 is 2.18 bits per heavy atom. The third kappa shape index (κ3) is 7.02. The van der Waals surface area contributed by atoms with Gasteiger partial charge in [0.15, 0.2) is 0 Å². The first-order chi connectivity index (χ1) is 8.06. The summed E-state index contributed by atoms with van der Waals surface area (Å²) in [5, 5.41) is 3.59. The highest BCUT2D eigenvalue weighted by Gasteiger charge is 2.18. The lowest BCUT2D eigenvalue weighted by Gasteiger charge is -2.34. The number of nitrogens with zero attached hydrogens (tertiary/aromatic N) is 1. The number of ether oxygens (including phenoxy) is 1. The summed E-state index contributed by atoms with van der Waals surface area (Å²) in [4.78, 5) is 2.54. The molecule has 3 unspecified atom stereocenters. The van der Waals surface area contributed by atoms with E-state index < -0.39 is 0 Å². The minimum absolute atomic E-state index is 0.564. The summed E-state index contributed by atoms with van der Waals surface area (Å²) < 4.78 is 5.20. The Hall–Kier alpha value is -0.120. The predicted molar refractivity (Wildman–Crippen MR) is 75.6 cm³/mol. The molecule has 0 spiro atoms. The maximum Gasteiger partial charge on any atom is 0.0589 e. The molecule has 3 heteroatoms. The summed E-state index contributed by atoms with van der Waals surface area (Å²) in [5.74, 6) is 0. The molecule has 0 aliphatic rings. The van der Waals surface area contributed by atoms with Gasteiger partial charge in [-0.2, -0.15) is 0 Å². The fourth-order valence-corrected chi connectivity index (χ4v) is 1.94. The molecule has 17 heavy (non-hydrogen) atoms. The molecule has 104 valence electrons. The van der Waals surface area contributed by atoms with E-state index in [-0.39, 0.29) is 0 Å². The number of rotatable bonds is 10. The van der Waals surface area contributed by atoms with Crippen LogP contribution in [0.15, 0.2) is 0 Å². The molecular weight excluding hydrogens is 212 g/mol. The third-order valence-electron chi connectivity index (χ3n) is 3.65. The van der Waals surface area contributed by atoms with E-state index in [2.05, 4.69) is 44.8 Å². The van der Waals surface area contributed by atoms with Crippen LogP contribution in [0.3, 0.4) is 0 Å². The van der Waals surface area contributed by atoms with Crippen molar-refractivity contribution in [1.82, 2.24) is 10.2 Å². The molecule has 0 aromatic rings. The quantitative estimate of drug-likeness (QED) is 0.639. The summed E-state index contributed by atoms with van der Waals surface area (Å²) in [5.41, 5.74) is 0. The van der Waals surface area contributed by atoms with Crippen LogP contribution in [-0.4, -0.2) is 49.8 Å². The predicted octanol–water partition coefficient (Wildman–Crippen LogP) is 2.51. The molecule has 0 aliphatic heterocycles. The topological polar surface area (TPSA) is 24.5 Å². The Balaban J connectivity index is 4.16. The van der Waals surface area contributed by atoms with E-state index in [4.69, 9.17) is 4.74 Å². The summed E-state index contributed by atoms with van der Waals surface area (Å²) in [6.07, 6.45) is 2.38. The fraction of sp³-hybridized carbons (Fsp3) is 1.00. The molecule has 0 saturated heterocycles. The lowest BCUT2D eigenvalue weighted by Crippen LogP contribution is -2.47. The van der Waals surface area contributed by atoms with E-state index >= 15 is 0 Å². The highest BCUT2D eigenvalue weighted by atomic mass is 16.5. The van der Waals surface area contributed by atoms with Crippen LogP contribution < -0.4 is 5.32 Å². The van der Waals surface area contributed by atoms with Crippen LogP contribution >= 0.6 is 0 Å². The molecule has 3 atom stereocenters. The van der Waals surface area contributed by atoms with E-state index in [9.17, 15) is 0 Å². The Bertz CT molecular complexity index is 176. The molecule has 0 rings (SSSR count). The molecule has 0 aromatic carbocycles. The Morgan fingerprint density at radius 1 is 1.06 bits per heavy atom. The van der Waals surface area contributed by atoms with Gasteiger partial charge in [-0.25, -0.2) is 0 Å². The second-order valence-corrected chi connectivity index (χ2v) is 5.05. The zero-order valence-corrected chi connectivity index (χ0v) is 12.6. The average molecular weight is 244 g/mol. The van der Waals surface area contributed by atoms with Crippen molar-refractivity contribution >= 4 is 0 Å². The van der Waals surface area contributed by atoms with Crippen molar-refractivity contribution in [2.24, 2.45) is 0 Å². The Labute approximate surface area is 108 Å². The van der Waals surface area contributed by atoms with Gasteiger partial charge in [0.05, 0.1) is 6.61 Å². The van der Waals surface area contributed by atoms with Gasteiger partial charge in [-0.3, -0.25) is 4.90 Å². The van der Waals surface area contributed by atoms with E-state index in [1.54, 1.807) is 7.11 Å². The van der Waals surface area contributed by atoms with Crippen molar-refractivity contribution in [2.75, 3.05) is 26.8 Å². The minimum atomic E-state index is 0.564. The lowest BCUT2D eigenvalue weighted by atomic mass is 10.1. The first-order valence-corrected chi connectivity index (χ1v) is 7.04. The van der Waals surface area contributed by atoms with Crippen LogP contribution in [0.2, 0.25) is 0 Å². The SMILES string of the molecule is CCC(C)NCC(C)N(CCOC)C(C)CC. The molecule has 0 saturated carbocycles. The van der Waals surface area contributed by atoms with Gasteiger partial charge < -0.3 is 10.1 Å². The summed E-state index contributed by atoms with van der Waals surface area (Å²) >= 11 is 0. The van der Waals surface area contributed by atoms with Crippen LogP contribution in [0.1, 0.15) is 47.5 Å². The maximum absolute atomic E-state index is 5.20. The monoisotopic (exact) mass is 244 g/mol. The molecule has 0 radical (unpaired) electrons. The van der Waals surface area contributed by atoms with Crippen molar-refractivity contribution in [3.05, 3.63) is 0 Å². The van der Waals surface area contributed by atoms with Gasteiger partial charge in [0.2, 0.25) is 0 Å². The van der Waals surface area contributed by atoms with Crippen LogP contribution in [0.4, 0.5) is 0 Å². The van der Waals surface area contributed by atoms with Gasteiger partial charge >= 0.3 is 0 Å². The van der Waals surface area contributed by atoms with Crippen molar-refractivity contribution < 1.29 is 4.74 Å². The average Bonchev–Trinajstić information content (AvgIpc) is 2.35. The van der Waals surface area contributed by atoms with Crippen LogP contribution in [0, 0.1) is 0 Å². The molecule has 0 fully saturated rings. The molecule has 3 nitrogen and oxygen atoms in total. The fourth-order valence-electron chi connectivity index (χ4n) is 1.94. The van der Waals surface area contributed by atoms with Gasteiger partial charge in [-0.05, 0) is 33.6 Å². The number of hydrogen-bond donors (Lipinski definition) is 1. The highest BCUT2D eigenvalue weighted by Crippen LogP contribution is 2.08. The molecular formula is C14H32N2O. The van der Waals surface area contributed by atoms with Gasteiger partial charge in [-0.1, -0.05) is 13.8 Å². The molecule has 0 aromatic heterocycles. The maximum atomic E-state index is 5.20. The second-order valence-electron chi connectivity index (χ2n) is 5.05. The van der Waals surface area contributed by atoms with Crippen molar-refractivity contribution in [3.8, 4) is 0 Å². The first kappa shape index (κ1) is 16.9. The highest BCUT2D eigenvalue weighted by molar-refractivity contribution is 4.75. The number of nitrogens with one attached hydrogen (secondary N) is 1. The zero-order chi connectivity index (χ0) is 13.3. The van der Waals surface area contributed by atoms with Crippen molar-refractivity contribution in [3.63, 3.8) is 0 Å². The van der Waals surface area contributed by atoms with Gasteiger partial charge in [-0.15, -0.1) is 0 Å². The summed E-state index contributed by atoms with van der Waals surface area (Å²) in [6.45, 7) is 14.2. The Kier molecular flexibility index (Phi) is 9.79. The molecule has 1 N–H and O–H groups in total. The van der Waals surface area contributed by atoms with E-state index in [0.29, 0.717) is 18.1 Å². The molecule has 0 heterocycles. The van der Waals surface area contributed by atoms with Crippen LogP contribution in [-0.2, 0) is 4.74 Å². The largest absolute Gasteiger partial charge is 0.383 e. The molecule has 0 aliphatic carbocycles. The van der Waals surface area contributed by atoms with Crippen LogP contribution in [0.5, 0.6) is 0 Å². The van der Waals surface area contributed by atoms with Gasteiger partial charge in [0.25, 0.3) is 0 Å². The molecule has 0 amide bonds. The summed E-state index contributed by atoms with van der Waals surface area (Å²) in [7, 11) is 1.77. The normalized spacial score (nSPS) is 17.1. The zero-order valence-electron chi connectivity index (χ0n) is 12.6. The smallest absolute Gasteiger partial charge is 0.0589 e. The van der Waals surface area contributed by atoms with Gasteiger partial charge in [0, 0.05) is 38.3 Å². The van der Waals surface area contributed by atoms with Gasteiger partial charge in [0.1, 0.15) is 0 Å². The van der Waals surface area contributed by atoms with E-state index in [1.807, 2.05) is 0 Å². The van der Waals surface area contributed by atoms with Crippen molar-refractivity contribution in [2.45, 2.75) is 65.6 Å². The second kappa shape index (κ2) is 9.86. The first-order valence-electron chi connectivity index (χ1n) is 7.04. The standard InChI is InChI=1S/C14H32N2O/c1-7-12(3)15-11-14(5)16(9-10-17-6)13(4)8-2/h12-15H,7-11H2,1-6H3. The lowest BCUT2D eigenvalue weighted by molar-refractivity contribution is 0.0925. The summed E-state index contributed by atoms with van der Waals surface area (Å²) in [6, 6.07) is 1.80. The third-order valence-corrected chi connectivity index (χ3v) is 3.65. The number of methoxy groups -OCH3 is 1. The minimum Gasteiger partial charge on any atom is -0.383 e. The van der Waals surface area contributed by atoms with Crippen molar-refractivity contribution in [1.29, 1.82) is 0 Å². The van der Waals surface area contributed by atoms with E-state index in [1.165, 1.54) is 12.8 Å². The molecule has 0 bridgehead atoms. The van der Waals surface area contributed by atoms with E-state index in [0.717, 1.165) is 19.7 Å². The Morgan fingerprint density at radius 2 is 1.71 bits per heavy atom. The number of hydrogen-bond acceptors (Lipinski definition) is 3.